The van der Waals surface area contributed by atoms with Crippen LogP contribution in [0.4, 0.5) is 0 Å². The van der Waals surface area contributed by atoms with Gasteiger partial charge in [0.05, 0.1) is 11.0 Å². The van der Waals surface area contributed by atoms with Crippen LogP contribution in [0.25, 0.3) is 6.08 Å². The highest BCUT2D eigenvalue weighted by Gasteiger charge is 2.32. The van der Waals surface area contributed by atoms with Crippen molar-refractivity contribution in [3.8, 4) is 6.07 Å². The Labute approximate surface area is 123 Å². The lowest BCUT2D eigenvalue weighted by Crippen LogP contribution is -2.31. The maximum absolute atomic E-state index is 12.7. The van der Waals surface area contributed by atoms with E-state index in [0.717, 1.165) is 9.87 Å². The number of nitrogens with zero attached hydrogens (tertiary/aromatic N) is 2. The van der Waals surface area contributed by atoms with Crippen molar-refractivity contribution < 1.29 is 8.42 Å². The van der Waals surface area contributed by atoms with E-state index in [2.05, 4.69) is 6.07 Å². The molecule has 1 aliphatic rings. The Morgan fingerprint density at radius 3 is 2.38 bits per heavy atom. The average molecular weight is 296 g/mol. The summed E-state index contributed by atoms with van der Waals surface area (Å²) in [4.78, 5) is 0.175. The number of hydrogen-bond acceptors (Lipinski definition) is 3. The predicted molar refractivity (Wildman–Crippen MR) is 79.3 cm³/mol. The second-order valence-electron chi connectivity index (χ2n) is 4.62. The Kier molecular flexibility index (Phi) is 3.24. The zero-order valence-corrected chi connectivity index (χ0v) is 11.9. The molecule has 0 amide bonds. The maximum atomic E-state index is 12.7. The molecule has 0 aromatic heterocycles. The van der Waals surface area contributed by atoms with Crippen molar-refractivity contribution in [1.29, 1.82) is 5.26 Å². The molecule has 0 saturated heterocycles. The summed E-state index contributed by atoms with van der Waals surface area (Å²) >= 11 is 0. The molecule has 0 fully saturated rings. The number of fused-ring (bicyclic) bond motifs is 1. The first-order chi connectivity index (χ1) is 10.1. The van der Waals surface area contributed by atoms with E-state index in [4.69, 9.17) is 0 Å². The SMILES string of the molecule is N#CC1c2ccccc2C=CN1S(=O)(=O)c1ccccc1. The molecule has 0 saturated carbocycles. The van der Waals surface area contributed by atoms with Crippen LogP contribution in [0.15, 0.2) is 65.7 Å². The van der Waals surface area contributed by atoms with Crippen molar-refractivity contribution in [2.75, 3.05) is 0 Å². The Hall–Kier alpha value is -2.58. The molecule has 0 radical (unpaired) electrons. The van der Waals surface area contributed by atoms with Gasteiger partial charge in [-0.1, -0.05) is 42.5 Å². The van der Waals surface area contributed by atoms with Gasteiger partial charge in [0.25, 0.3) is 10.0 Å². The Morgan fingerprint density at radius 2 is 1.67 bits per heavy atom. The van der Waals surface area contributed by atoms with Gasteiger partial charge in [-0.2, -0.15) is 5.26 Å². The molecule has 104 valence electrons. The lowest BCUT2D eigenvalue weighted by atomic mass is 9.99. The average Bonchev–Trinajstić information content (AvgIpc) is 2.54. The summed E-state index contributed by atoms with van der Waals surface area (Å²) in [5.41, 5.74) is 1.56. The fourth-order valence-corrected chi connectivity index (χ4v) is 3.75. The molecule has 1 unspecified atom stereocenters. The smallest absolute Gasteiger partial charge is 0.252 e. The van der Waals surface area contributed by atoms with Crippen LogP contribution in [0.2, 0.25) is 0 Å². The first-order valence-corrected chi connectivity index (χ1v) is 7.84. The van der Waals surface area contributed by atoms with Crippen LogP contribution >= 0.6 is 0 Å². The summed E-state index contributed by atoms with van der Waals surface area (Å²) in [6.45, 7) is 0. The van der Waals surface area contributed by atoms with Crippen molar-refractivity contribution in [3.63, 3.8) is 0 Å². The number of hydrogen-bond donors (Lipinski definition) is 0. The minimum absolute atomic E-state index is 0.175. The summed E-state index contributed by atoms with van der Waals surface area (Å²) in [6.07, 6.45) is 3.17. The zero-order valence-electron chi connectivity index (χ0n) is 11.0. The molecule has 4 nitrogen and oxygen atoms in total. The monoisotopic (exact) mass is 296 g/mol. The fourth-order valence-electron chi connectivity index (χ4n) is 2.35. The molecule has 3 rings (SSSR count). The molecule has 1 atom stereocenters. The highest BCUT2D eigenvalue weighted by Crippen LogP contribution is 2.33. The van der Waals surface area contributed by atoms with Gasteiger partial charge in [-0.15, -0.1) is 0 Å². The van der Waals surface area contributed by atoms with Gasteiger partial charge in [0.1, 0.15) is 0 Å². The van der Waals surface area contributed by atoms with Gasteiger partial charge in [-0.3, -0.25) is 4.31 Å². The summed E-state index contributed by atoms with van der Waals surface area (Å²) in [6, 6.07) is 16.7. The molecular formula is C16H12N2O2S. The molecule has 0 spiro atoms. The first-order valence-electron chi connectivity index (χ1n) is 6.40. The van der Waals surface area contributed by atoms with Crippen LogP contribution in [0.5, 0.6) is 0 Å². The molecule has 21 heavy (non-hydrogen) atoms. The molecule has 2 aromatic rings. The lowest BCUT2D eigenvalue weighted by Gasteiger charge is -2.29. The Bertz CT molecular complexity index is 836. The van der Waals surface area contributed by atoms with E-state index in [9.17, 15) is 13.7 Å². The second kappa shape index (κ2) is 5.08. The van der Waals surface area contributed by atoms with Crippen LogP contribution in [-0.2, 0) is 10.0 Å². The number of nitriles is 1. The maximum Gasteiger partial charge on any atom is 0.265 e. The fraction of sp³-hybridized carbons (Fsp3) is 0.0625. The number of benzene rings is 2. The topological polar surface area (TPSA) is 61.2 Å². The summed E-state index contributed by atoms with van der Waals surface area (Å²) < 4.78 is 26.5. The summed E-state index contributed by atoms with van der Waals surface area (Å²) in [7, 11) is -3.74. The first kappa shape index (κ1) is 13.4. The van der Waals surface area contributed by atoms with Crippen molar-refractivity contribution in [2.24, 2.45) is 0 Å². The predicted octanol–water partition coefficient (Wildman–Crippen LogP) is 2.93. The van der Waals surface area contributed by atoms with E-state index in [-0.39, 0.29) is 4.90 Å². The van der Waals surface area contributed by atoms with Crippen molar-refractivity contribution >= 4 is 16.1 Å². The van der Waals surface area contributed by atoms with E-state index in [1.165, 1.54) is 18.3 Å². The molecule has 1 aliphatic heterocycles. The van der Waals surface area contributed by atoms with Crippen LogP contribution in [-0.4, -0.2) is 12.7 Å². The van der Waals surface area contributed by atoms with E-state index in [1.54, 1.807) is 36.4 Å². The third-order valence-electron chi connectivity index (χ3n) is 3.39. The van der Waals surface area contributed by atoms with E-state index in [1.807, 2.05) is 12.1 Å². The molecule has 5 heteroatoms. The van der Waals surface area contributed by atoms with Gasteiger partial charge in [0, 0.05) is 6.20 Å². The van der Waals surface area contributed by atoms with Crippen molar-refractivity contribution in [2.45, 2.75) is 10.9 Å². The van der Waals surface area contributed by atoms with Crippen LogP contribution in [0.1, 0.15) is 17.2 Å². The number of rotatable bonds is 2. The lowest BCUT2D eigenvalue weighted by molar-refractivity contribution is 0.461. The number of sulfonamides is 1. The van der Waals surface area contributed by atoms with E-state index < -0.39 is 16.1 Å². The van der Waals surface area contributed by atoms with Crippen molar-refractivity contribution in [3.05, 3.63) is 71.9 Å². The van der Waals surface area contributed by atoms with Crippen LogP contribution in [0, 0.1) is 11.3 Å². The van der Waals surface area contributed by atoms with Crippen LogP contribution in [0.3, 0.4) is 0 Å². The highest BCUT2D eigenvalue weighted by atomic mass is 32.2. The highest BCUT2D eigenvalue weighted by molar-refractivity contribution is 7.89. The third-order valence-corrected chi connectivity index (χ3v) is 5.14. The van der Waals surface area contributed by atoms with Gasteiger partial charge >= 0.3 is 0 Å². The molecular weight excluding hydrogens is 284 g/mol. The quantitative estimate of drug-likeness (QED) is 0.856. The summed E-state index contributed by atoms with van der Waals surface area (Å²) in [5.74, 6) is 0. The summed E-state index contributed by atoms with van der Waals surface area (Å²) in [5, 5.41) is 9.43. The van der Waals surface area contributed by atoms with E-state index in [0.29, 0.717) is 5.56 Å². The largest absolute Gasteiger partial charge is 0.265 e. The van der Waals surface area contributed by atoms with Crippen LogP contribution < -0.4 is 0 Å². The van der Waals surface area contributed by atoms with Gasteiger partial charge in [-0.05, 0) is 29.3 Å². The second-order valence-corrected chi connectivity index (χ2v) is 6.47. The zero-order chi connectivity index (χ0) is 14.9. The Morgan fingerprint density at radius 1 is 1.00 bits per heavy atom. The van der Waals surface area contributed by atoms with Gasteiger partial charge in [0.15, 0.2) is 6.04 Å². The van der Waals surface area contributed by atoms with Gasteiger partial charge < -0.3 is 0 Å². The van der Waals surface area contributed by atoms with Crippen molar-refractivity contribution in [1.82, 2.24) is 4.31 Å². The van der Waals surface area contributed by atoms with E-state index >= 15 is 0 Å². The molecule has 0 bridgehead atoms. The van der Waals surface area contributed by atoms with Gasteiger partial charge in [0.2, 0.25) is 0 Å². The Balaban J connectivity index is 2.11. The minimum Gasteiger partial charge on any atom is -0.252 e. The third kappa shape index (κ3) is 2.20. The minimum atomic E-state index is -3.74. The normalized spacial score (nSPS) is 17.1. The van der Waals surface area contributed by atoms with Gasteiger partial charge in [-0.25, -0.2) is 8.42 Å². The molecule has 2 aromatic carbocycles. The molecule has 0 N–H and O–H groups in total. The molecule has 0 aliphatic carbocycles. The molecule has 1 heterocycles. The standard InChI is InChI=1S/C16H12N2O2S/c17-12-16-15-9-5-4-6-13(15)10-11-18(16)21(19,20)14-7-2-1-3-8-14/h1-11,16H.